The van der Waals surface area contributed by atoms with Crippen molar-refractivity contribution in [1.82, 2.24) is 20.3 Å². The number of carbonyl (C=O) groups excluding carboxylic acids is 1. The van der Waals surface area contributed by atoms with Crippen LogP contribution in [0.4, 0.5) is 0 Å². The Bertz CT molecular complexity index is 1070. The van der Waals surface area contributed by atoms with Gasteiger partial charge in [-0.05, 0) is 29.8 Å². The highest BCUT2D eigenvalue weighted by atomic mass is 16.1. The molecule has 2 N–H and O–H groups in total. The molecule has 0 atom stereocenters. The second-order valence-corrected chi connectivity index (χ2v) is 5.74. The van der Waals surface area contributed by atoms with Gasteiger partial charge >= 0.3 is 0 Å². The number of nitrogens with zero attached hydrogens (tertiary/aromatic N) is 2. The number of amides is 1. The molecule has 122 valence electrons. The van der Waals surface area contributed by atoms with Gasteiger partial charge in [-0.15, -0.1) is 0 Å². The van der Waals surface area contributed by atoms with Crippen molar-refractivity contribution >= 4 is 33.8 Å². The summed E-state index contributed by atoms with van der Waals surface area (Å²) in [4.78, 5) is 23.7. The van der Waals surface area contributed by atoms with E-state index in [1.165, 1.54) is 6.08 Å². The van der Waals surface area contributed by atoms with Crippen molar-refractivity contribution in [2.45, 2.75) is 6.54 Å². The Morgan fingerprint density at radius 3 is 2.88 bits per heavy atom. The van der Waals surface area contributed by atoms with Gasteiger partial charge in [-0.25, -0.2) is 0 Å². The number of hydrogen-bond donors (Lipinski definition) is 2. The number of pyridine rings is 2. The third kappa shape index (κ3) is 3.26. The smallest absolute Gasteiger partial charge is 0.244 e. The van der Waals surface area contributed by atoms with E-state index in [9.17, 15) is 4.79 Å². The molecule has 5 nitrogen and oxygen atoms in total. The van der Waals surface area contributed by atoms with Crippen LogP contribution in [0, 0.1) is 0 Å². The number of nitrogens with one attached hydrogen (secondary N) is 2. The van der Waals surface area contributed by atoms with Crippen LogP contribution in [0.15, 0.2) is 67.1 Å². The molecule has 3 heterocycles. The molecule has 0 aliphatic rings. The van der Waals surface area contributed by atoms with E-state index in [1.807, 2.05) is 36.4 Å². The van der Waals surface area contributed by atoms with Gasteiger partial charge in [0, 0.05) is 41.3 Å². The molecule has 4 rings (SSSR count). The molecule has 4 aromatic rings. The number of H-pyrrole nitrogens is 1. The van der Waals surface area contributed by atoms with Gasteiger partial charge in [-0.2, -0.15) is 0 Å². The predicted molar refractivity (Wildman–Crippen MR) is 98.7 cm³/mol. The zero-order chi connectivity index (χ0) is 17.1. The molecule has 0 unspecified atom stereocenters. The van der Waals surface area contributed by atoms with E-state index in [1.54, 1.807) is 24.7 Å². The monoisotopic (exact) mass is 328 g/mol. The first kappa shape index (κ1) is 15.1. The van der Waals surface area contributed by atoms with Crippen molar-refractivity contribution in [3.05, 3.63) is 78.4 Å². The van der Waals surface area contributed by atoms with Crippen LogP contribution in [0.3, 0.4) is 0 Å². The summed E-state index contributed by atoms with van der Waals surface area (Å²) in [6.07, 6.45) is 8.45. The summed E-state index contributed by atoms with van der Waals surface area (Å²) >= 11 is 0. The number of rotatable bonds is 4. The molecule has 0 bridgehead atoms. The lowest BCUT2D eigenvalue weighted by Gasteiger charge is -2.01. The Morgan fingerprint density at radius 2 is 2.00 bits per heavy atom. The molecular weight excluding hydrogens is 312 g/mol. The van der Waals surface area contributed by atoms with Gasteiger partial charge in [0.15, 0.2) is 0 Å². The maximum atomic E-state index is 12.0. The minimum atomic E-state index is -0.162. The van der Waals surface area contributed by atoms with Gasteiger partial charge < -0.3 is 10.3 Å². The van der Waals surface area contributed by atoms with Crippen LogP contribution in [0.2, 0.25) is 0 Å². The maximum absolute atomic E-state index is 12.0. The Morgan fingerprint density at radius 1 is 1.08 bits per heavy atom. The summed E-state index contributed by atoms with van der Waals surface area (Å²) in [7, 11) is 0. The lowest BCUT2D eigenvalue weighted by atomic mass is 10.1. The quantitative estimate of drug-likeness (QED) is 0.564. The van der Waals surface area contributed by atoms with E-state index in [0.717, 1.165) is 33.1 Å². The SMILES string of the molecule is O=C(/C=C/c1cc2c(cn1)[nH]c1ccccc12)NCc1cccnc1. The van der Waals surface area contributed by atoms with Gasteiger partial charge in [0.25, 0.3) is 0 Å². The molecule has 0 radical (unpaired) electrons. The van der Waals surface area contributed by atoms with Crippen LogP contribution in [0.1, 0.15) is 11.3 Å². The second-order valence-electron chi connectivity index (χ2n) is 5.74. The Kier molecular flexibility index (Phi) is 3.96. The zero-order valence-corrected chi connectivity index (χ0v) is 13.4. The van der Waals surface area contributed by atoms with Gasteiger partial charge in [0.05, 0.1) is 17.4 Å². The fourth-order valence-corrected chi connectivity index (χ4v) is 2.77. The van der Waals surface area contributed by atoms with Crippen molar-refractivity contribution in [1.29, 1.82) is 0 Å². The number of aromatic amines is 1. The molecule has 1 amide bonds. The summed E-state index contributed by atoms with van der Waals surface area (Å²) in [5, 5.41) is 5.08. The predicted octanol–water partition coefficient (Wildman–Crippen LogP) is 3.44. The lowest BCUT2D eigenvalue weighted by Crippen LogP contribution is -2.20. The highest BCUT2D eigenvalue weighted by Gasteiger charge is 2.04. The number of benzene rings is 1. The van der Waals surface area contributed by atoms with Crippen LogP contribution < -0.4 is 5.32 Å². The van der Waals surface area contributed by atoms with E-state index in [2.05, 4.69) is 26.3 Å². The Labute approximate surface area is 144 Å². The molecule has 0 spiro atoms. The largest absolute Gasteiger partial charge is 0.353 e. The molecule has 5 heteroatoms. The maximum Gasteiger partial charge on any atom is 0.244 e. The lowest BCUT2D eigenvalue weighted by molar-refractivity contribution is -0.116. The molecule has 0 saturated heterocycles. The molecule has 25 heavy (non-hydrogen) atoms. The molecule has 0 fully saturated rings. The second kappa shape index (κ2) is 6.57. The average Bonchev–Trinajstić information content (AvgIpc) is 3.03. The summed E-state index contributed by atoms with van der Waals surface area (Å²) in [6, 6.07) is 13.9. The summed E-state index contributed by atoms with van der Waals surface area (Å²) in [6.45, 7) is 0.450. The van der Waals surface area contributed by atoms with Crippen molar-refractivity contribution in [3.63, 3.8) is 0 Å². The standard InChI is InChI=1S/C20H16N4O/c25-20(23-12-14-4-3-9-21-11-14)8-7-15-10-17-16-5-1-2-6-18(16)24-19(17)13-22-15/h1-11,13,24H,12H2,(H,23,25)/b8-7+. The fraction of sp³-hybridized carbons (Fsp3) is 0.0500. The molecule has 1 aromatic carbocycles. The molecule has 0 aliphatic heterocycles. The first-order valence-corrected chi connectivity index (χ1v) is 8.01. The highest BCUT2D eigenvalue weighted by Crippen LogP contribution is 2.25. The van der Waals surface area contributed by atoms with E-state index in [0.29, 0.717) is 6.54 Å². The molecule has 0 saturated carbocycles. The van der Waals surface area contributed by atoms with E-state index >= 15 is 0 Å². The average molecular weight is 328 g/mol. The van der Waals surface area contributed by atoms with Crippen molar-refractivity contribution in [2.24, 2.45) is 0 Å². The topological polar surface area (TPSA) is 70.7 Å². The molecule has 0 aliphatic carbocycles. The van der Waals surface area contributed by atoms with Crippen LogP contribution in [-0.4, -0.2) is 20.9 Å². The number of para-hydroxylation sites is 1. The number of carbonyl (C=O) groups is 1. The summed E-state index contributed by atoms with van der Waals surface area (Å²) in [5.41, 5.74) is 3.77. The van der Waals surface area contributed by atoms with Gasteiger partial charge in [-0.1, -0.05) is 24.3 Å². The number of fused-ring (bicyclic) bond motifs is 3. The number of aromatic nitrogens is 3. The zero-order valence-electron chi connectivity index (χ0n) is 13.4. The van der Waals surface area contributed by atoms with Crippen molar-refractivity contribution < 1.29 is 4.79 Å². The van der Waals surface area contributed by atoms with Crippen LogP contribution >= 0.6 is 0 Å². The van der Waals surface area contributed by atoms with Crippen LogP contribution in [0.25, 0.3) is 27.9 Å². The van der Waals surface area contributed by atoms with Crippen molar-refractivity contribution in [3.8, 4) is 0 Å². The Hall–Kier alpha value is -3.47. The first-order valence-electron chi connectivity index (χ1n) is 8.01. The fourth-order valence-electron chi connectivity index (χ4n) is 2.77. The molecular formula is C20H16N4O. The normalized spacial score (nSPS) is 11.4. The third-order valence-corrected chi connectivity index (χ3v) is 4.01. The Balaban J connectivity index is 1.50. The van der Waals surface area contributed by atoms with Gasteiger partial charge in [0.1, 0.15) is 0 Å². The minimum absolute atomic E-state index is 0.162. The van der Waals surface area contributed by atoms with Gasteiger partial charge in [-0.3, -0.25) is 14.8 Å². The van der Waals surface area contributed by atoms with E-state index in [4.69, 9.17) is 0 Å². The van der Waals surface area contributed by atoms with E-state index < -0.39 is 0 Å². The third-order valence-electron chi connectivity index (χ3n) is 4.01. The first-order chi connectivity index (χ1) is 12.3. The summed E-state index contributed by atoms with van der Waals surface area (Å²) in [5.74, 6) is -0.162. The minimum Gasteiger partial charge on any atom is -0.353 e. The van der Waals surface area contributed by atoms with Crippen LogP contribution in [0.5, 0.6) is 0 Å². The number of hydrogen-bond acceptors (Lipinski definition) is 3. The van der Waals surface area contributed by atoms with Crippen LogP contribution in [-0.2, 0) is 11.3 Å². The van der Waals surface area contributed by atoms with Crippen molar-refractivity contribution in [2.75, 3.05) is 0 Å². The van der Waals surface area contributed by atoms with E-state index in [-0.39, 0.29) is 5.91 Å². The molecule has 3 aromatic heterocycles. The van der Waals surface area contributed by atoms with Gasteiger partial charge in [0.2, 0.25) is 5.91 Å². The summed E-state index contributed by atoms with van der Waals surface area (Å²) < 4.78 is 0. The highest BCUT2D eigenvalue weighted by molar-refractivity contribution is 6.07.